The normalized spacial score (nSPS) is 20.6. The molecule has 1 aliphatic carbocycles. The minimum atomic E-state index is -4.70. The summed E-state index contributed by atoms with van der Waals surface area (Å²) in [7, 11) is 0. The summed E-state index contributed by atoms with van der Waals surface area (Å²) in [6.07, 6.45) is -3.13. The van der Waals surface area contributed by atoms with Gasteiger partial charge in [-0.2, -0.15) is 0 Å². The average molecular weight is 476 g/mol. The van der Waals surface area contributed by atoms with Crippen LogP contribution >= 0.6 is 0 Å². The Kier molecular flexibility index (Phi) is 6.06. The Hall–Kier alpha value is -2.94. The largest absolute Gasteiger partial charge is 0.573 e. The Labute approximate surface area is 196 Å². The van der Waals surface area contributed by atoms with Crippen LogP contribution in [0.2, 0.25) is 0 Å². The maximum atomic E-state index is 12.6. The summed E-state index contributed by atoms with van der Waals surface area (Å²) in [5.74, 6) is -0.244. The standard InChI is InChI=1S/C25H28F3N3O3/c26-25(27,28)34-21-8-6-20(7-9-21)30-10-12-31(13-11-30)23(32)33-22-14-24(15-22)17-29(18-24)16-19-4-2-1-3-5-19/h1-9,22H,10-18H2. The van der Waals surface area contributed by atoms with Gasteiger partial charge in [0.25, 0.3) is 0 Å². The number of carbonyl (C=O) groups excluding carboxylic acids is 1. The van der Waals surface area contributed by atoms with E-state index in [1.54, 1.807) is 17.0 Å². The van der Waals surface area contributed by atoms with Crippen LogP contribution in [0.3, 0.4) is 0 Å². The van der Waals surface area contributed by atoms with Crippen molar-refractivity contribution in [3.8, 4) is 5.75 Å². The van der Waals surface area contributed by atoms with Gasteiger partial charge in [-0.25, -0.2) is 4.79 Å². The van der Waals surface area contributed by atoms with Crippen LogP contribution in [-0.2, 0) is 11.3 Å². The lowest BCUT2D eigenvalue weighted by atomic mass is 9.61. The molecular formula is C25H28F3N3O3. The van der Waals surface area contributed by atoms with E-state index in [1.807, 2.05) is 11.0 Å². The molecule has 0 aromatic heterocycles. The summed E-state index contributed by atoms with van der Waals surface area (Å²) in [5.41, 5.74) is 2.43. The van der Waals surface area contributed by atoms with Crippen molar-refractivity contribution in [2.75, 3.05) is 44.2 Å². The number of benzene rings is 2. The molecule has 2 aromatic carbocycles. The summed E-state index contributed by atoms with van der Waals surface area (Å²) in [6, 6.07) is 16.3. The number of ether oxygens (including phenoxy) is 2. The number of rotatable bonds is 5. The third-order valence-corrected chi connectivity index (χ3v) is 6.93. The van der Waals surface area contributed by atoms with Crippen molar-refractivity contribution in [1.29, 1.82) is 0 Å². The molecule has 0 atom stereocenters. The predicted octanol–water partition coefficient (Wildman–Crippen LogP) is 4.51. The number of amides is 1. The highest BCUT2D eigenvalue weighted by atomic mass is 19.4. The van der Waals surface area contributed by atoms with Crippen molar-refractivity contribution in [1.82, 2.24) is 9.80 Å². The summed E-state index contributed by atoms with van der Waals surface area (Å²) < 4.78 is 46.6. The lowest BCUT2D eigenvalue weighted by Crippen LogP contribution is -2.64. The topological polar surface area (TPSA) is 45.2 Å². The lowest BCUT2D eigenvalue weighted by Gasteiger charge is -2.58. The zero-order chi connectivity index (χ0) is 23.8. The van der Waals surface area contributed by atoms with Gasteiger partial charge in [-0.1, -0.05) is 30.3 Å². The summed E-state index contributed by atoms with van der Waals surface area (Å²) in [4.78, 5) is 18.8. The molecule has 2 saturated heterocycles. The maximum absolute atomic E-state index is 12.6. The first-order chi connectivity index (χ1) is 16.3. The second-order valence-electron chi connectivity index (χ2n) is 9.56. The molecule has 3 fully saturated rings. The summed E-state index contributed by atoms with van der Waals surface area (Å²) in [6.45, 7) is 5.30. The number of nitrogens with zero attached hydrogens (tertiary/aromatic N) is 3. The second kappa shape index (κ2) is 9.02. The minimum Gasteiger partial charge on any atom is -0.446 e. The van der Waals surface area contributed by atoms with Gasteiger partial charge in [0.2, 0.25) is 0 Å². The van der Waals surface area contributed by atoms with Crippen LogP contribution in [0.1, 0.15) is 18.4 Å². The van der Waals surface area contributed by atoms with Crippen LogP contribution in [0.15, 0.2) is 54.6 Å². The van der Waals surface area contributed by atoms with E-state index in [0.29, 0.717) is 31.6 Å². The van der Waals surface area contributed by atoms with E-state index in [-0.39, 0.29) is 17.9 Å². The van der Waals surface area contributed by atoms with Gasteiger partial charge < -0.3 is 19.3 Å². The number of anilines is 1. The SMILES string of the molecule is O=C(OC1CC2(C1)CN(Cc1ccccc1)C2)N1CCN(c2ccc(OC(F)(F)F)cc2)CC1. The number of piperazine rings is 1. The first kappa shape index (κ1) is 22.8. The highest BCUT2D eigenvalue weighted by Gasteiger charge is 2.53. The molecule has 1 saturated carbocycles. The van der Waals surface area contributed by atoms with Gasteiger partial charge in [0.15, 0.2) is 0 Å². The summed E-state index contributed by atoms with van der Waals surface area (Å²) >= 11 is 0. The highest BCUT2D eigenvalue weighted by molar-refractivity contribution is 5.68. The number of likely N-dealkylation sites (tertiary alicyclic amines) is 1. The Morgan fingerprint density at radius 1 is 0.941 bits per heavy atom. The van der Waals surface area contributed by atoms with Gasteiger partial charge >= 0.3 is 12.5 Å². The van der Waals surface area contributed by atoms with Crippen molar-refractivity contribution in [2.45, 2.75) is 31.9 Å². The van der Waals surface area contributed by atoms with Crippen molar-refractivity contribution in [3.05, 3.63) is 60.2 Å². The molecule has 0 unspecified atom stereocenters. The fourth-order valence-corrected chi connectivity index (χ4v) is 5.33. The minimum absolute atomic E-state index is 0.00872. The molecule has 182 valence electrons. The molecule has 6 nitrogen and oxygen atoms in total. The predicted molar refractivity (Wildman–Crippen MR) is 121 cm³/mol. The van der Waals surface area contributed by atoms with Gasteiger partial charge in [0.05, 0.1) is 0 Å². The second-order valence-corrected chi connectivity index (χ2v) is 9.56. The van der Waals surface area contributed by atoms with Crippen LogP contribution in [0.4, 0.5) is 23.7 Å². The molecule has 2 heterocycles. The van der Waals surface area contributed by atoms with Crippen molar-refractivity contribution in [2.24, 2.45) is 5.41 Å². The number of carbonyl (C=O) groups is 1. The molecule has 1 amide bonds. The molecular weight excluding hydrogens is 447 g/mol. The van der Waals surface area contributed by atoms with E-state index >= 15 is 0 Å². The number of alkyl halides is 3. The van der Waals surface area contributed by atoms with E-state index in [9.17, 15) is 18.0 Å². The molecule has 5 rings (SSSR count). The molecule has 0 N–H and O–H groups in total. The van der Waals surface area contributed by atoms with E-state index in [2.05, 4.69) is 33.9 Å². The van der Waals surface area contributed by atoms with Gasteiger partial charge in [0, 0.05) is 56.9 Å². The smallest absolute Gasteiger partial charge is 0.446 e. The quantitative estimate of drug-likeness (QED) is 0.637. The third-order valence-electron chi connectivity index (χ3n) is 6.93. The third kappa shape index (κ3) is 5.24. The number of hydrogen-bond acceptors (Lipinski definition) is 5. The van der Waals surface area contributed by atoms with Crippen molar-refractivity contribution >= 4 is 11.8 Å². The monoisotopic (exact) mass is 475 g/mol. The molecule has 2 aromatic rings. The fourth-order valence-electron chi connectivity index (χ4n) is 5.33. The van der Waals surface area contributed by atoms with Gasteiger partial charge in [0.1, 0.15) is 11.9 Å². The first-order valence-electron chi connectivity index (χ1n) is 11.6. The number of halogens is 3. The molecule has 34 heavy (non-hydrogen) atoms. The van der Waals surface area contributed by atoms with Crippen molar-refractivity contribution in [3.63, 3.8) is 0 Å². The number of hydrogen-bond donors (Lipinski definition) is 0. The zero-order valence-corrected chi connectivity index (χ0v) is 18.8. The van der Waals surface area contributed by atoms with E-state index < -0.39 is 6.36 Å². The highest BCUT2D eigenvalue weighted by Crippen LogP contribution is 2.50. The van der Waals surface area contributed by atoms with Gasteiger partial charge in [-0.05, 0) is 42.7 Å². The molecule has 1 spiro atoms. The van der Waals surface area contributed by atoms with Crippen LogP contribution in [-0.4, -0.2) is 67.6 Å². The molecule has 0 bridgehead atoms. The zero-order valence-electron chi connectivity index (χ0n) is 18.8. The van der Waals surface area contributed by atoms with Crippen LogP contribution in [0, 0.1) is 5.41 Å². The Morgan fingerprint density at radius 3 is 2.21 bits per heavy atom. The maximum Gasteiger partial charge on any atom is 0.573 e. The molecule has 3 aliphatic rings. The van der Waals surface area contributed by atoms with Crippen LogP contribution < -0.4 is 9.64 Å². The lowest BCUT2D eigenvalue weighted by molar-refractivity contribution is -0.274. The summed E-state index contributed by atoms with van der Waals surface area (Å²) in [5, 5.41) is 0. The van der Waals surface area contributed by atoms with Crippen LogP contribution in [0.5, 0.6) is 5.75 Å². The van der Waals surface area contributed by atoms with Crippen molar-refractivity contribution < 1.29 is 27.4 Å². The van der Waals surface area contributed by atoms with Gasteiger partial charge in [-0.15, -0.1) is 13.2 Å². The molecule has 9 heteroatoms. The van der Waals surface area contributed by atoms with E-state index in [4.69, 9.17) is 4.74 Å². The van der Waals surface area contributed by atoms with E-state index in [0.717, 1.165) is 38.2 Å². The first-order valence-corrected chi connectivity index (χ1v) is 11.6. The van der Waals surface area contributed by atoms with Crippen LogP contribution in [0.25, 0.3) is 0 Å². The molecule has 2 aliphatic heterocycles. The van der Waals surface area contributed by atoms with E-state index in [1.165, 1.54) is 17.7 Å². The average Bonchev–Trinajstić information content (AvgIpc) is 2.76. The Balaban J connectivity index is 1.02. The molecule has 0 radical (unpaired) electrons. The Bertz CT molecular complexity index is 978. The fraction of sp³-hybridized carbons (Fsp3) is 0.480. The Morgan fingerprint density at radius 2 is 1.59 bits per heavy atom. The van der Waals surface area contributed by atoms with Gasteiger partial charge in [-0.3, -0.25) is 4.90 Å².